The largest absolute Gasteiger partial charge is 0.507 e. The lowest BCUT2D eigenvalue weighted by molar-refractivity contribution is 0.474. The number of pyridine rings is 1. The van der Waals surface area contributed by atoms with Crippen LogP contribution in [0.4, 0.5) is 5.82 Å². The molecule has 0 atom stereocenters. The number of aromatic hydroxyl groups is 1. The van der Waals surface area contributed by atoms with Gasteiger partial charge in [-0.1, -0.05) is 30.3 Å². The number of anilines is 1. The Morgan fingerprint density at radius 3 is 2.44 bits per heavy atom. The van der Waals surface area contributed by atoms with Crippen LogP contribution < -0.4 is 4.90 Å². The summed E-state index contributed by atoms with van der Waals surface area (Å²) < 4.78 is 0. The molecular formula is C22H22N4O. The Hall–Kier alpha value is -3.21. The topological polar surface area (TPSA) is 61.1 Å². The van der Waals surface area contributed by atoms with Crippen LogP contribution >= 0.6 is 0 Å². The van der Waals surface area contributed by atoms with Gasteiger partial charge in [-0.2, -0.15) is 0 Å². The molecule has 5 nitrogen and oxygen atoms in total. The standard InChI is InChI=1S/C22H22N4O/c1-23-21(22(24-2)17-8-4-6-10-19(17)27)16-13-26(14-16)20-12-11-15-7-3-5-9-18(15)25-20/h3-12,16,27H,13-14H2,1-2H3. The molecule has 1 saturated heterocycles. The quantitative estimate of drug-likeness (QED) is 0.725. The molecule has 0 radical (unpaired) electrons. The normalized spacial score (nSPS) is 15.9. The van der Waals surface area contributed by atoms with Crippen molar-refractivity contribution in [3.63, 3.8) is 0 Å². The van der Waals surface area contributed by atoms with Gasteiger partial charge < -0.3 is 10.0 Å². The van der Waals surface area contributed by atoms with Gasteiger partial charge in [0.15, 0.2) is 0 Å². The van der Waals surface area contributed by atoms with Gasteiger partial charge in [-0.3, -0.25) is 9.98 Å². The maximum atomic E-state index is 10.2. The number of benzene rings is 2. The number of phenolic OH excluding ortho intramolecular Hbond substituents is 1. The Kier molecular flexibility index (Phi) is 4.59. The molecule has 0 unspecified atom stereocenters. The highest BCUT2D eigenvalue weighted by molar-refractivity contribution is 6.49. The lowest BCUT2D eigenvalue weighted by atomic mass is 9.88. The number of aliphatic imine (C=N–C) groups is 2. The summed E-state index contributed by atoms with van der Waals surface area (Å²) in [6.07, 6.45) is 0. The molecule has 1 aromatic heterocycles. The summed E-state index contributed by atoms with van der Waals surface area (Å²) in [6, 6.07) is 19.6. The monoisotopic (exact) mass is 358 g/mol. The molecule has 4 rings (SSSR count). The first-order chi connectivity index (χ1) is 13.2. The van der Waals surface area contributed by atoms with E-state index < -0.39 is 0 Å². The van der Waals surface area contributed by atoms with Crippen LogP contribution in [0.2, 0.25) is 0 Å². The number of phenols is 1. The zero-order valence-electron chi connectivity index (χ0n) is 15.5. The van der Waals surface area contributed by atoms with Crippen LogP contribution in [0.25, 0.3) is 10.9 Å². The van der Waals surface area contributed by atoms with E-state index in [-0.39, 0.29) is 11.7 Å². The van der Waals surface area contributed by atoms with Crippen molar-refractivity contribution in [3.05, 3.63) is 66.2 Å². The van der Waals surface area contributed by atoms with Crippen molar-refractivity contribution >= 4 is 28.1 Å². The summed E-state index contributed by atoms with van der Waals surface area (Å²) in [6.45, 7) is 1.68. The maximum absolute atomic E-state index is 10.2. The fourth-order valence-electron chi connectivity index (χ4n) is 3.60. The van der Waals surface area contributed by atoms with Gasteiger partial charge in [-0.05, 0) is 30.3 Å². The smallest absolute Gasteiger partial charge is 0.129 e. The first-order valence-corrected chi connectivity index (χ1v) is 9.04. The second-order valence-electron chi connectivity index (χ2n) is 6.66. The molecule has 5 heteroatoms. The lowest BCUT2D eigenvalue weighted by Crippen LogP contribution is -2.52. The summed E-state index contributed by atoms with van der Waals surface area (Å²) in [5.74, 6) is 1.48. The van der Waals surface area contributed by atoms with E-state index in [0.29, 0.717) is 0 Å². The molecule has 27 heavy (non-hydrogen) atoms. The van der Waals surface area contributed by atoms with Gasteiger partial charge in [-0.15, -0.1) is 0 Å². The third kappa shape index (κ3) is 3.16. The fraction of sp³-hybridized carbons (Fsp3) is 0.227. The van der Waals surface area contributed by atoms with Crippen molar-refractivity contribution in [2.24, 2.45) is 15.9 Å². The van der Waals surface area contributed by atoms with Crippen molar-refractivity contribution in [2.45, 2.75) is 0 Å². The van der Waals surface area contributed by atoms with Gasteiger partial charge in [-0.25, -0.2) is 4.98 Å². The SMILES string of the molecule is CN=C(C(=NC)C1CN(c2ccc3ccccc3n2)C1)c1ccccc1O. The Labute approximate surface area is 158 Å². The first kappa shape index (κ1) is 17.2. The Morgan fingerprint density at radius 1 is 0.963 bits per heavy atom. The summed E-state index contributed by atoms with van der Waals surface area (Å²) in [5.41, 5.74) is 3.42. The molecule has 3 aromatic rings. The van der Waals surface area contributed by atoms with E-state index in [1.54, 1.807) is 20.2 Å². The van der Waals surface area contributed by atoms with E-state index in [4.69, 9.17) is 4.98 Å². The van der Waals surface area contributed by atoms with Gasteiger partial charge in [0.05, 0.1) is 16.9 Å². The minimum atomic E-state index is 0.228. The molecular weight excluding hydrogens is 336 g/mol. The van der Waals surface area contributed by atoms with Crippen LogP contribution in [0.3, 0.4) is 0 Å². The van der Waals surface area contributed by atoms with Gasteiger partial charge in [0.25, 0.3) is 0 Å². The fourth-order valence-corrected chi connectivity index (χ4v) is 3.60. The van der Waals surface area contributed by atoms with Crippen LogP contribution in [0.15, 0.2) is 70.6 Å². The second-order valence-corrected chi connectivity index (χ2v) is 6.66. The number of rotatable bonds is 4. The van der Waals surface area contributed by atoms with Crippen molar-refractivity contribution in [3.8, 4) is 5.75 Å². The highest BCUT2D eigenvalue weighted by atomic mass is 16.3. The van der Waals surface area contributed by atoms with E-state index >= 15 is 0 Å². The molecule has 1 N–H and O–H groups in total. The van der Waals surface area contributed by atoms with Gasteiger partial charge in [0.2, 0.25) is 0 Å². The zero-order chi connectivity index (χ0) is 18.8. The van der Waals surface area contributed by atoms with Crippen LogP contribution in [0, 0.1) is 5.92 Å². The van der Waals surface area contributed by atoms with E-state index in [1.165, 1.54) is 0 Å². The minimum absolute atomic E-state index is 0.228. The van der Waals surface area contributed by atoms with Crippen molar-refractivity contribution < 1.29 is 5.11 Å². The number of fused-ring (bicyclic) bond motifs is 1. The van der Waals surface area contributed by atoms with Crippen LogP contribution in [-0.2, 0) is 0 Å². The molecule has 2 aromatic carbocycles. The number of nitrogens with zero attached hydrogens (tertiary/aromatic N) is 4. The molecule has 0 amide bonds. The third-order valence-electron chi connectivity index (χ3n) is 5.04. The van der Waals surface area contributed by atoms with Gasteiger partial charge in [0, 0.05) is 44.1 Å². The number of para-hydroxylation sites is 2. The van der Waals surface area contributed by atoms with E-state index in [1.807, 2.05) is 36.4 Å². The summed E-state index contributed by atoms with van der Waals surface area (Å²) in [4.78, 5) is 15.9. The van der Waals surface area contributed by atoms with Crippen molar-refractivity contribution in [1.29, 1.82) is 0 Å². The summed E-state index contributed by atoms with van der Waals surface area (Å²) in [5, 5.41) is 11.4. The van der Waals surface area contributed by atoms with Gasteiger partial charge in [0.1, 0.15) is 11.6 Å². The van der Waals surface area contributed by atoms with E-state index in [9.17, 15) is 5.11 Å². The molecule has 0 saturated carbocycles. The minimum Gasteiger partial charge on any atom is -0.507 e. The predicted molar refractivity (Wildman–Crippen MR) is 111 cm³/mol. The molecule has 2 heterocycles. The van der Waals surface area contributed by atoms with Crippen LogP contribution in [0.1, 0.15) is 5.56 Å². The maximum Gasteiger partial charge on any atom is 0.129 e. The zero-order valence-corrected chi connectivity index (χ0v) is 15.5. The lowest BCUT2D eigenvalue weighted by Gasteiger charge is -2.41. The van der Waals surface area contributed by atoms with Gasteiger partial charge >= 0.3 is 0 Å². The highest BCUT2D eigenvalue weighted by Crippen LogP contribution is 2.28. The van der Waals surface area contributed by atoms with E-state index in [0.717, 1.165) is 46.8 Å². The number of aromatic nitrogens is 1. The highest BCUT2D eigenvalue weighted by Gasteiger charge is 2.34. The summed E-state index contributed by atoms with van der Waals surface area (Å²) in [7, 11) is 3.53. The third-order valence-corrected chi connectivity index (χ3v) is 5.04. The molecule has 1 aliphatic rings. The van der Waals surface area contributed by atoms with Crippen LogP contribution in [-0.4, -0.2) is 48.7 Å². The predicted octanol–water partition coefficient (Wildman–Crippen LogP) is 3.57. The average Bonchev–Trinajstić information content (AvgIpc) is 2.67. The number of hydrogen-bond donors (Lipinski definition) is 1. The molecule has 0 aliphatic carbocycles. The van der Waals surface area contributed by atoms with Crippen molar-refractivity contribution in [1.82, 2.24) is 4.98 Å². The Bertz CT molecular complexity index is 1040. The first-order valence-electron chi connectivity index (χ1n) is 9.04. The summed E-state index contributed by atoms with van der Waals surface area (Å²) >= 11 is 0. The van der Waals surface area contributed by atoms with Crippen LogP contribution in [0.5, 0.6) is 5.75 Å². The van der Waals surface area contributed by atoms with E-state index in [2.05, 4.69) is 33.1 Å². The average molecular weight is 358 g/mol. The molecule has 1 fully saturated rings. The molecule has 1 aliphatic heterocycles. The Morgan fingerprint density at radius 2 is 1.70 bits per heavy atom. The number of hydrogen-bond acceptors (Lipinski definition) is 5. The van der Waals surface area contributed by atoms with Crippen molar-refractivity contribution in [2.75, 3.05) is 32.1 Å². The Balaban J connectivity index is 1.54. The molecule has 0 spiro atoms. The molecule has 0 bridgehead atoms. The second kappa shape index (κ2) is 7.19. The molecule has 136 valence electrons.